The first-order valence-electron chi connectivity index (χ1n) is 14.0. The SMILES string of the molecule is Cc1nnc2n1-c1ccc(-c3cnn(CCCCN4CCNCC4)c3)cc1C(c1ccc(Cl)cc1)=NC21CC1.Cl. The van der Waals surface area contributed by atoms with E-state index in [1.54, 1.807) is 0 Å². The molecule has 1 spiro atoms. The Bertz CT molecular complexity index is 1530. The molecule has 2 aromatic heterocycles. The summed E-state index contributed by atoms with van der Waals surface area (Å²) in [6, 6.07) is 14.6. The van der Waals surface area contributed by atoms with Crippen molar-refractivity contribution in [2.24, 2.45) is 4.99 Å². The van der Waals surface area contributed by atoms with Gasteiger partial charge in [0.25, 0.3) is 0 Å². The van der Waals surface area contributed by atoms with Crippen LogP contribution in [0.4, 0.5) is 0 Å². The van der Waals surface area contributed by atoms with Gasteiger partial charge in [-0.15, -0.1) is 22.6 Å². The van der Waals surface area contributed by atoms with Crippen molar-refractivity contribution in [1.82, 2.24) is 34.8 Å². The summed E-state index contributed by atoms with van der Waals surface area (Å²) in [5, 5.41) is 17.9. The van der Waals surface area contributed by atoms with Gasteiger partial charge in [-0.2, -0.15) is 5.10 Å². The van der Waals surface area contributed by atoms with Crippen LogP contribution < -0.4 is 5.32 Å². The number of rotatable bonds is 7. The molecule has 2 aliphatic heterocycles. The molecule has 10 heteroatoms. The third kappa shape index (κ3) is 5.09. The van der Waals surface area contributed by atoms with Crippen LogP contribution in [0.5, 0.6) is 0 Å². The highest BCUT2D eigenvalue weighted by Gasteiger charge is 2.51. The second-order valence-electron chi connectivity index (χ2n) is 10.9. The second-order valence-corrected chi connectivity index (χ2v) is 11.4. The molecular formula is C30H34Cl2N8. The highest BCUT2D eigenvalue weighted by molar-refractivity contribution is 6.30. The molecule has 4 heterocycles. The van der Waals surface area contributed by atoms with Crippen molar-refractivity contribution in [2.45, 2.75) is 44.7 Å². The van der Waals surface area contributed by atoms with E-state index in [1.807, 2.05) is 25.3 Å². The Morgan fingerprint density at radius 2 is 1.68 bits per heavy atom. The molecule has 0 radical (unpaired) electrons. The topological polar surface area (TPSA) is 76.2 Å². The predicted molar refractivity (Wildman–Crippen MR) is 161 cm³/mol. The lowest BCUT2D eigenvalue weighted by Crippen LogP contribution is -2.43. The minimum Gasteiger partial charge on any atom is -0.314 e. The maximum atomic E-state index is 6.24. The molecule has 0 bridgehead atoms. The van der Waals surface area contributed by atoms with Crippen LogP contribution in [0.1, 0.15) is 48.5 Å². The lowest BCUT2D eigenvalue weighted by Gasteiger charge is -2.26. The van der Waals surface area contributed by atoms with Crippen LogP contribution in [0.25, 0.3) is 16.8 Å². The minimum absolute atomic E-state index is 0. The number of piperazine rings is 1. The van der Waals surface area contributed by atoms with Crippen molar-refractivity contribution in [1.29, 1.82) is 0 Å². The van der Waals surface area contributed by atoms with Crippen molar-refractivity contribution in [3.63, 3.8) is 0 Å². The zero-order chi connectivity index (χ0) is 26.4. The van der Waals surface area contributed by atoms with Crippen LogP contribution >= 0.6 is 24.0 Å². The third-order valence-corrected chi connectivity index (χ3v) is 8.44. The fourth-order valence-corrected chi connectivity index (χ4v) is 5.96. The van der Waals surface area contributed by atoms with Gasteiger partial charge in [0.2, 0.25) is 0 Å². The first kappa shape index (κ1) is 27.1. The molecule has 8 nitrogen and oxygen atoms in total. The van der Waals surface area contributed by atoms with Gasteiger partial charge in [0.1, 0.15) is 11.4 Å². The first-order valence-corrected chi connectivity index (χ1v) is 14.4. The Balaban J connectivity index is 0.00000289. The average molecular weight is 578 g/mol. The van der Waals surface area contributed by atoms with Gasteiger partial charge in [0, 0.05) is 60.6 Å². The number of hydrogen-bond donors (Lipinski definition) is 1. The van der Waals surface area contributed by atoms with Crippen LogP contribution in [0, 0.1) is 6.92 Å². The Labute approximate surface area is 245 Å². The number of aliphatic imine (C=N–C) groups is 1. The number of fused-ring (bicyclic) bond motifs is 4. The summed E-state index contributed by atoms with van der Waals surface area (Å²) in [6.07, 6.45) is 8.42. The largest absolute Gasteiger partial charge is 0.314 e. The molecule has 40 heavy (non-hydrogen) atoms. The summed E-state index contributed by atoms with van der Waals surface area (Å²) in [4.78, 5) is 7.92. The molecular weight excluding hydrogens is 543 g/mol. The van der Waals surface area contributed by atoms with Crippen molar-refractivity contribution in [2.75, 3.05) is 32.7 Å². The molecule has 2 fully saturated rings. The van der Waals surface area contributed by atoms with E-state index in [0.717, 1.165) is 102 Å². The van der Waals surface area contributed by atoms with E-state index in [4.69, 9.17) is 21.7 Å². The molecule has 1 saturated heterocycles. The standard InChI is InChI=1S/C30H33ClN8.ClH/c1-21-35-36-29-30(10-11-30)34-28(22-4-7-25(31)8-5-22)26-18-23(6-9-27(26)39(21)29)24-19-33-38(20-24)15-3-2-14-37-16-12-32-13-17-37;/h4-9,18-20,32H,2-3,10-17H2,1H3;1H. The highest BCUT2D eigenvalue weighted by atomic mass is 35.5. The monoisotopic (exact) mass is 576 g/mol. The second kappa shape index (κ2) is 11.1. The van der Waals surface area contributed by atoms with Gasteiger partial charge in [-0.05, 0) is 69.0 Å². The lowest BCUT2D eigenvalue weighted by molar-refractivity contribution is 0.235. The molecule has 1 saturated carbocycles. The van der Waals surface area contributed by atoms with E-state index in [-0.39, 0.29) is 17.9 Å². The van der Waals surface area contributed by atoms with E-state index < -0.39 is 0 Å². The van der Waals surface area contributed by atoms with Gasteiger partial charge in [-0.25, -0.2) is 0 Å². The summed E-state index contributed by atoms with van der Waals surface area (Å²) < 4.78 is 4.27. The van der Waals surface area contributed by atoms with Gasteiger partial charge in [-0.3, -0.25) is 14.2 Å². The average Bonchev–Trinajstić information content (AvgIpc) is 3.44. The van der Waals surface area contributed by atoms with Crippen LogP contribution in [0.3, 0.4) is 0 Å². The molecule has 1 aliphatic carbocycles. The van der Waals surface area contributed by atoms with Crippen LogP contribution in [-0.2, 0) is 12.1 Å². The van der Waals surface area contributed by atoms with Gasteiger partial charge in [0.05, 0.1) is 17.6 Å². The number of benzene rings is 2. The highest BCUT2D eigenvalue weighted by Crippen LogP contribution is 2.51. The fraction of sp³-hybridized carbons (Fsp3) is 0.400. The number of aromatic nitrogens is 5. The molecule has 3 aliphatic rings. The number of unbranched alkanes of at least 4 members (excludes halogenated alkanes) is 1. The smallest absolute Gasteiger partial charge is 0.165 e. The molecule has 0 amide bonds. The number of aryl methyl sites for hydroxylation is 2. The third-order valence-electron chi connectivity index (χ3n) is 8.19. The van der Waals surface area contributed by atoms with E-state index in [0.29, 0.717) is 0 Å². The molecule has 0 atom stereocenters. The molecule has 4 aromatic rings. The van der Waals surface area contributed by atoms with E-state index in [1.165, 1.54) is 13.0 Å². The maximum Gasteiger partial charge on any atom is 0.165 e. The predicted octanol–water partition coefficient (Wildman–Crippen LogP) is 5.04. The van der Waals surface area contributed by atoms with E-state index in [2.05, 4.69) is 66.2 Å². The number of nitrogens with one attached hydrogen (secondary N) is 1. The summed E-state index contributed by atoms with van der Waals surface area (Å²) in [5.74, 6) is 1.82. The molecule has 2 aromatic carbocycles. The van der Waals surface area contributed by atoms with Crippen molar-refractivity contribution in [3.05, 3.63) is 82.7 Å². The minimum atomic E-state index is -0.314. The Morgan fingerprint density at radius 3 is 2.45 bits per heavy atom. The number of nitrogens with zero attached hydrogens (tertiary/aromatic N) is 7. The normalized spacial score (nSPS) is 17.5. The zero-order valence-corrected chi connectivity index (χ0v) is 24.3. The van der Waals surface area contributed by atoms with Crippen LogP contribution in [0.15, 0.2) is 59.9 Å². The lowest BCUT2D eigenvalue weighted by atomic mass is 9.96. The summed E-state index contributed by atoms with van der Waals surface area (Å²) >= 11 is 6.24. The fourth-order valence-electron chi connectivity index (χ4n) is 5.84. The zero-order valence-electron chi connectivity index (χ0n) is 22.7. The van der Waals surface area contributed by atoms with Gasteiger partial charge in [0.15, 0.2) is 5.82 Å². The van der Waals surface area contributed by atoms with E-state index >= 15 is 0 Å². The Kier molecular flexibility index (Phi) is 7.52. The maximum absolute atomic E-state index is 6.24. The number of hydrogen-bond acceptors (Lipinski definition) is 6. The van der Waals surface area contributed by atoms with Gasteiger partial charge >= 0.3 is 0 Å². The Morgan fingerprint density at radius 1 is 0.925 bits per heavy atom. The molecule has 7 rings (SSSR count). The summed E-state index contributed by atoms with van der Waals surface area (Å²) in [6.45, 7) is 8.63. The van der Waals surface area contributed by atoms with Crippen molar-refractivity contribution in [3.8, 4) is 16.8 Å². The Hall–Kier alpha value is -3.04. The van der Waals surface area contributed by atoms with Crippen LogP contribution in [-0.4, -0.2) is 67.9 Å². The van der Waals surface area contributed by atoms with E-state index in [9.17, 15) is 0 Å². The first-order chi connectivity index (χ1) is 19.1. The molecule has 1 N–H and O–H groups in total. The van der Waals surface area contributed by atoms with Gasteiger partial charge < -0.3 is 10.2 Å². The van der Waals surface area contributed by atoms with Gasteiger partial charge in [-0.1, -0.05) is 29.8 Å². The van der Waals surface area contributed by atoms with Crippen LogP contribution in [0.2, 0.25) is 5.02 Å². The summed E-state index contributed by atoms with van der Waals surface area (Å²) in [5.41, 5.74) is 6.10. The van der Waals surface area contributed by atoms with Crippen molar-refractivity contribution < 1.29 is 0 Å². The quantitative estimate of drug-likeness (QED) is 0.312. The molecule has 0 unspecified atom stereocenters. The molecule has 208 valence electrons. The summed E-state index contributed by atoms with van der Waals surface area (Å²) in [7, 11) is 0. The van der Waals surface area contributed by atoms with Crippen molar-refractivity contribution >= 4 is 29.7 Å². The number of halogens is 2.